The monoisotopic (exact) mass is 382 g/mol. The van der Waals surface area contributed by atoms with Gasteiger partial charge in [0.25, 0.3) is 5.91 Å². The normalized spacial score (nSPS) is 11.1. The molecule has 1 aromatic carbocycles. The molecule has 1 N–H and O–H groups in total. The number of fused-ring (bicyclic) bond motifs is 1. The van der Waals surface area contributed by atoms with Crippen LogP contribution in [0, 0.1) is 5.82 Å². The van der Waals surface area contributed by atoms with Crippen molar-refractivity contribution in [1.29, 1.82) is 0 Å². The van der Waals surface area contributed by atoms with Crippen LogP contribution in [0.25, 0.3) is 10.2 Å². The van der Waals surface area contributed by atoms with Crippen molar-refractivity contribution in [3.63, 3.8) is 0 Å². The minimum absolute atomic E-state index is 0.139. The fourth-order valence-corrected chi connectivity index (χ4v) is 3.93. The second-order valence-corrected chi connectivity index (χ2v) is 7.23. The Morgan fingerprint density at radius 3 is 2.96 bits per heavy atom. The predicted molar refractivity (Wildman–Crippen MR) is 104 cm³/mol. The molecule has 0 aliphatic carbocycles. The lowest BCUT2D eigenvalue weighted by Gasteiger charge is -2.12. The van der Waals surface area contributed by atoms with Gasteiger partial charge in [0.1, 0.15) is 11.5 Å². The number of carbonyl (C=O) groups is 1. The van der Waals surface area contributed by atoms with Crippen molar-refractivity contribution >= 4 is 27.5 Å². The molecule has 4 rings (SSSR count). The van der Waals surface area contributed by atoms with Gasteiger partial charge in [-0.3, -0.25) is 4.79 Å². The summed E-state index contributed by atoms with van der Waals surface area (Å²) in [6, 6.07) is 10.5. The first-order valence-electron chi connectivity index (χ1n) is 8.76. The summed E-state index contributed by atoms with van der Waals surface area (Å²) in [5, 5.41) is 4.95. The van der Waals surface area contributed by atoms with Crippen LogP contribution in [0.3, 0.4) is 0 Å². The number of benzene rings is 1. The Balaban J connectivity index is 1.50. The van der Waals surface area contributed by atoms with E-state index in [1.165, 1.54) is 6.07 Å². The Bertz CT molecular complexity index is 1050. The van der Waals surface area contributed by atoms with Gasteiger partial charge in [0.2, 0.25) is 0 Å². The lowest BCUT2D eigenvalue weighted by atomic mass is 10.2. The van der Waals surface area contributed by atoms with Crippen LogP contribution in [0.1, 0.15) is 22.5 Å². The number of halogens is 1. The molecule has 5 nitrogen and oxygen atoms in total. The minimum Gasteiger partial charge on any atom is -0.351 e. The maximum absolute atomic E-state index is 14.1. The van der Waals surface area contributed by atoms with Gasteiger partial charge in [-0.2, -0.15) is 0 Å². The number of nitrogens with zero attached hydrogens (tertiary/aromatic N) is 3. The molecule has 138 valence electrons. The molecule has 27 heavy (non-hydrogen) atoms. The number of carbonyl (C=O) groups excluding carboxylic acids is 1. The molecule has 3 heterocycles. The van der Waals surface area contributed by atoms with Crippen molar-refractivity contribution in [2.24, 2.45) is 0 Å². The molecule has 0 spiro atoms. The van der Waals surface area contributed by atoms with Crippen molar-refractivity contribution in [3.8, 4) is 0 Å². The lowest BCUT2D eigenvalue weighted by Crippen LogP contribution is -2.27. The van der Waals surface area contributed by atoms with Gasteiger partial charge in [0, 0.05) is 31.0 Å². The maximum atomic E-state index is 14.1. The van der Waals surface area contributed by atoms with Crippen molar-refractivity contribution in [1.82, 2.24) is 19.4 Å². The zero-order valence-electron chi connectivity index (χ0n) is 14.6. The molecule has 0 saturated carbocycles. The van der Waals surface area contributed by atoms with E-state index in [1.54, 1.807) is 36.0 Å². The van der Waals surface area contributed by atoms with E-state index < -0.39 is 0 Å². The maximum Gasteiger partial charge on any atom is 0.267 e. The summed E-state index contributed by atoms with van der Waals surface area (Å²) in [7, 11) is 0. The Morgan fingerprint density at radius 2 is 2.15 bits per heavy atom. The van der Waals surface area contributed by atoms with Gasteiger partial charge in [-0.15, -0.1) is 11.3 Å². The molecule has 0 unspecified atom stereocenters. The molecule has 0 saturated heterocycles. The summed E-state index contributed by atoms with van der Waals surface area (Å²) in [6.07, 6.45) is 6.20. The van der Waals surface area contributed by atoms with E-state index in [9.17, 15) is 9.18 Å². The van der Waals surface area contributed by atoms with Crippen LogP contribution in [-0.2, 0) is 13.1 Å². The molecule has 3 aromatic heterocycles. The van der Waals surface area contributed by atoms with Crippen molar-refractivity contribution in [3.05, 3.63) is 77.6 Å². The van der Waals surface area contributed by atoms with Crippen LogP contribution in [0.5, 0.6) is 0 Å². The fraction of sp³-hybridized carbons (Fsp3) is 0.200. The standard InChI is InChI=1S/C20H19FN4OS/c21-16-5-2-1-4-15(16)13-25-17-6-11-27-19(17)12-18(25)20(26)23-7-3-9-24-10-8-22-14-24/h1-2,4-6,8,10-12,14H,3,7,9,13H2,(H,23,26). The van der Waals surface area contributed by atoms with Gasteiger partial charge in [0.05, 0.1) is 23.1 Å². The number of nitrogens with one attached hydrogen (secondary N) is 1. The number of rotatable bonds is 7. The van der Waals surface area contributed by atoms with Crippen molar-refractivity contribution in [2.45, 2.75) is 19.5 Å². The summed E-state index contributed by atoms with van der Waals surface area (Å²) in [4.78, 5) is 16.7. The Kier molecular flexibility index (Phi) is 5.02. The fourth-order valence-electron chi connectivity index (χ4n) is 3.11. The van der Waals surface area contributed by atoms with Gasteiger partial charge in [-0.1, -0.05) is 18.2 Å². The van der Waals surface area contributed by atoms with Gasteiger partial charge in [0.15, 0.2) is 0 Å². The zero-order chi connectivity index (χ0) is 18.6. The smallest absolute Gasteiger partial charge is 0.267 e. The number of amides is 1. The summed E-state index contributed by atoms with van der Waals surface area (Å²) in [5.41, 5.74) is 2.07. The number of imidazole rings is 1. The van der Waals surface area contributed by atoms with Crippen LogP contribution in [0.15, 0.2) is 60.5 Å². The van der Waals surface area contributed by atoms with Crippen LogP contribution >= 0.6 is 11.3 Å². The molecular weight excluding hydrogens is 363 g/mol. The molecule has 0 atom stereocenters. The molecule has 0 radical (unpaired) electrons. The van der Waals surface area contributed by atoms with Crippen LogP contribution < -0.4 is 5.32 Å². The number of aryl methyl sites for hydroxylation is 1. The summed E-state index contributed by atoms with van der Waals surface area (Å²) >= 11 is 1.58. The second kappa shape index (κ2) is 7.75. The van der Waals surface area contributed by atoms with Gasteiger partial charge >= 0.3 is 0 Å². The summed E-state index contributed by atoms with van der Waals surface area (Å²) in [6.45, 7) is 1.69. The van der Waals surface area contributed by atoms with E-state index in [4.69, 9.17) is 0 Å². The van der Waals surface area contributed by atoms with Crippen LogP contribution in [0.4, 0.5) is 4.39 Å². The highest BCUT2D eigenvalue weighted by Gasteiger charge is 2.17. The predicted octanol–water partition coefficient (Wildman–Crippen LogP) is 3.91. The van der Waals surface area contributed by atoms with E-state index in [2.05, 4.69) is 10.3 Å². The average Bonchev–Trinajstić information content (AvgIpc) is 3.39. The third-order valence-electron chi connectivity index (χ3n) is 4.48. The quantitative estimate of drug-likeness (QED) is 0.493. The zero-order valence-corrected chi connectivity index (χ0v) is 15.5. The largest absolute Gasteiger partial charge is 0.351 e. The highest BCUT2D eigenvalue weighted by molar-refractivity contribution is 7.17. The molecule has 0 aliphatic rings. The second-order valence-electron chi connectivity index (χ2n) is 6.29. The number of aromatic nitrogens is 3. The van der Waals surface area contributed by atoms with Crippen molar-refractivity contribution in [2.75, 3.05) is 6.54 Å². The topological polar surface area (TPSA) is 51.9 Å². The van der Waals surface area contributed by atoms with E-state index in [1.807, 2.05) is 38.9 Å². The molecule has 0 bridgehead atoms. The Labute approximate surface area is 160 Å². The third kappa shape index (κ3) is 3.78. The average molecular weight is 382 g/mol. The van der Waals surface area contributed by atoms with E-state index >= 15 is 0 Å². The number of hydrogen-bond donors (Lipinski definition) is 1. The number of hydrogen-bond acceptors (Lipinski definition) is 3. The van der Waals surface area contributed by atoms with Gasteiger partial charge in [-0.05, 0) is 30.0 Å². The van der Waals surface area contributed by atoms with E-state index in [-0.39, 0.29) is 11.7 Å². The molecule has 0 aliphatic heterocycles. The van der Waals surface area contributed by atoms with Gasteiger partial charge < -0.3 is 14.5 Å². The highest BCUT2D eigenvalue weighted by Crippen LogP contribution is 2.26. The molecule has 7 heteroatoms. The summed E-state index contributed by atoms with van der Waals surface area (Å²) in [5.74, 6) is -0.401. The van der Waals surface area contributed by atoms with E-state index in [0.717, 1.165) is 23.2 Å². The summed E-state index contributed by atoms with van der Waals surface area (Å²) < 4.78 is 19.0. The van der Waals surface area contributed by atoms with Crippen LogP contribution in [0.2, 0.25) is 0 Å². The Morgan fingerprint density at radius 1 is 1.26 bits per heavy atom. The highest BCUT2D eigenvalue weighted by atomic mass is 32.1. The van der Waals surface area contributed by atoms with Crippen LogP contribution in [-0.4, -0.2) is 26.6 Å². The van der Waals surface area contributed by atoms with Gasteiger partial charge in [-0.25, -0.2) is 9.37 Å². The minimum atomic E-state index is -0.263. The van der Waals surface area contributed by atoms with Crippen molar-refractivity contribution < 1.29 is 9.18 Å². The lowest BCUT2D eigenvalue weighted by molar-refractivity contribution is 0.0944. The third-order valence-corrected chi connectivity index (χ3v) is 5.33. The van der Waals surface area contributed by atoms with E-state index in [0.29, 0.717) is 24.3 Å². The SMILES string of the molecule is O=C(NCCCn1ccnc1)c1cc2sccc2n1Cc1ccccc1F. The first kappa shape index (κ1) is 17.5. The molecular formula is C20H19FN4OS. The molecule has 4 aromatic rings. The molecule has 0 fully saturated rings. The first-order chi connectivity index (χ1) is 13.2. The first-order valence-corrected chi connectivity index (χ1v) is 9.64. The Hall–Kier alpha value is -2.93. The molecule has 1 amide bonds. The number of thiophene rings is 1.